The van der Waals surface area contributed by atoms with Gasteiger partial charge in [0.2, 0.25) is 0 Å². The van der Waals surface area contributed by atoms with Crippen LogP contribution in [0.5, 0.6) is 11.5 Å². The number of carbonyl (C=O) groups is 1. The highest BCUT2D eigenvalue weighted by molar-refractivity contribution is 5.95. The average Bonchev–Trinajstić information content (AvgIpc) is 2.79. The van der Waals surface area contributed by atoms with E-state index >= 15 is 0 Å². The fourth-order valence-corrected chi connectivity index (χ4v) is 3.22. The van der Waals surface area contributed by atoms with Crippen molar-refractivity contribution in [2.24, 2.45) is 0 Å². The highest BCUT2D eigenvalue weighted by Gasteiger charge is 2.19. The third kappa shape index (κ3) is 5.83. The molecule has 1 heterocycles. The Morgan fingerprint density at radius 3 is 2.33 bits per heavy atom. The van der Waals surface area contributed by atoms with Crippen LogP contribution in [0.2, 0.25) is 0 Å². The summed E-state index contributed by atoms with van der Waals surface area (Å²) in [4.78, 5) is 19.6. The molecule has 0 saturated carbocycles. The Labute approximate surface area is 178 Å². The van der Waals surface area contributed by atoms with E-state index in [1.807, 2.05) is 55.1 Å². The number of hydrogen-bond donors (Lipinski definition) is 0. The summed E-state index contributed by atoms with van der Waals surface area (Å²) in [6.45, 7) is 5.92. The molecular weight excluding hydrogens is 376 g/mol. The maximum atomic E-state index is 13.4. The van der Waals surface area contributed by atoms with Crippen molar-refractivity contribution in [1.82, 2.24) is 9.88 Å². The van der Waals surface area contributed by atoms with E-state index in [4.69, 9.17) is 9.47 Å². The van der Waals surface area contributed by atoms with Gasteiger partial charge in [0.15, 0.2) is 11.5 Å². The van der Waals surface area contributed by atoms with Crippen molar-refractivity contribution in [2.45, 2.75) is 26.8 Å². The van der Waals surface area contributed by atoms with Crippen LogP contribution < -0.4 is 9.47 Å². The van der Waals surface area contributed by atoms with Gasteiger partial charge in [0, 0.05) is 18.3 Å². The summed E-state index contributed by atoms with van der Waals surface area (Å²) in [5, 5.41) is 0. The minimum absolute atomic E-state index is 0.0550. The number of benzene rings is 2. The third-order valence-corrected chi connectivity index (χ3v) is 4.67. The maximum Gasteiger partial charge on any atom is 0.254 e. The van der Waals surface area contributed by atoms with E-state index in [1.54, 1.807) is 24.4 Å². The fraction of sp³-hybridized carbons (Fsp3) is 0.280. The number of rotatable bonds is 10. The van der Waals surface area contributed by atoms with Crippen LogP contribution >= 0.6 is 0 Å². The highest BCUT2D eigenvalue weighted by atomic mass is 16.5. The summed E-state index contributed by atoms with van der Waals surface area (Å²) in [7, 11) is 0. The molecule has 5 nitrogen and oxygen atoms in total. The summed E-state index contributed by atoms with van der Waals surface area (Å²) in [6, 6.07) is 21.3. The summed E-state index contributed by atoms with van der Waals surface area (Å²) >= 11 is 0. The second-order valence-electron chi connectivity index (χ2n) is 6.81. The molecule has 0 aliphatic carbocycles. The predicted octanol–water partition coefficient (Wildman–Crippen LogP) is 4.76. The van der Waals surface area contributed by atoms with Crippen LogP contribution in [0.15, 0.2) is 72.9 Å². The summed E-state index contributed by atoms with van der Waals surface area (Å²) in [6.07, 6.45) is 2.52. The molecular formula is C25H28N2O3. The van der Waals surface area contributed by atoms with Gasteiger partial charge in [-0.15, -0.1) is 0 Å². The van der Waals surface area contributed by atoms with E-state index in [0.29, 0.717) is 43.4 Å². The lowest BCUT2D eigenvalue weighted by atomic mass is 10.1. The van der Waals surface area contributed by atoms with Gasteiger partial charge in [-0.1, -0.05) is 36.4 Å². The van der Waals surface area contributed by atoms with Crippen LogP contribution in [-0.4, -0.2) is 35.5 Å². The van der Waals surface area contributed by atoms with Gasteiger partial charge in [-0.2, -0.15) is 0 Å². The molecule has 30 heavy (non-hydrogen) atoms. The van der Waals surface area contributed by atoms with Crippen molar-refractivity contribution in [3.63, 3.8) is 0 Å². The zero-order valence-electron chi connectivity index (χ0n) is 17.6. The van der Waals surface area contributed by atoms with E-state index in [2.05, 4.69) is 17.1 Å². The second kappa shape index (κ2) is 11.0. The zero-order chi connectivity index (χ0) is 21.2. The van der Waals surface area contributed by atoms with Crippen LogP contribution in [-0.2, 0) is 13.0 Å². The quantitative estimate of drug-likeness (QED) is 0.489. The van der Waals surface area contributed by atoms with Crippen molar-refractivity contribution in [3.05, 3.63) is 89.7 Å². The number of amides is 1. The summed E-state index contributed by atoms with van der Waals surface area (Å²) < 4.78 is 11.3. The van der Waals surface area contributed by atoms with Gasteiger partial charge in [-0.25, -0.2) is 0 Å². The van der Waals surface area contributed by atoms with Gasteiger partial charge in [0.05, 0.1) is 25.5 Å². The Bertz CT molecular complexity index is 930. The van der Waals surface area contributed by atoms with E-state index in [1.165, 1.54) is 5.56 Å². The lowest BCUT2D eigenvalue weighted by molar-refractivity contribution is 0.0742. The molecule has 0 atom stereocenters. The Kier molecular flexibility index (Phi) is 7.84. The fourth-order valence-electron chi connectivity index (χ4n) is 3.22. The van der Waals surface area contributed by atoms with E-state index < -0.39 is 0 Å². The Morgan fingerprint density at radius 2 is 1.63 bits per heavy atom. The van der Waals surface area contributed by atoms with Gasteiger partial charge in [0.25, 0.3) is 5.91 Å². The number of pyridine rings is 1. The molecule has 3 aromatic rings. The molecule has 0 radical (unpaired) electrons. The van der Waals surface area contributed by atoms with Gasteiger partial charge in [-0.05, 0) is 56.2 Å². The first-order chi connectivity index (χ1) is 14.7. The maximum absolute atomic E-state index is 13.4. The van der Waals surface area contributed by atoms with E-state index in [0.717, 1.165) is 12.1 Å². The molecule has 0 N–H and O–H groups in total. The predicted molar refractivity (Wildman–Crippen MR) is 118 cm³/mol. The molecule has 0 fully saturated rings. The molecule has 1 amide bonds. The lowest BCUT2D eigenvalue weighted by Gasteiger charge is -2.23. The van der Waals surface area contributed by atoms with Gasteiger partial charge in [0.1, 0.15) is 0 Å². The third-order valence-electron chi connectivity index (χ3n) is 4.67. The van der Waals surface area contributed by atoms with Gasteiger partial charge < -0.3 is 14.4 Å². The summed E-state index contributed by atoms with van der Waals surface area (Å²) in [5.41, 5.74) is 2.62. The molecule has 0 aliphatic rings. The average molecular weight is 405 g/mol. The molecule has 0 bridgehead atoms. The monoisotopic (exact) mass is 404 g/mol. The molecule has 0 spiro atoms. The van der Waals surface area contributed by atoms with Gasteiger partial charge >= 0.3 is 0 Å². The number of nitrogens with zero attached hydrogens (tertiary/aromatic N) is 2. The van der Waals surface area contributed by atoms with Crippen LogP contribution in [0.1, 0.15) is 35.5 Å². The standard InChI is InChI=1S/C25H28N2O3/c1-3-29-23-14-13-21(18-24(23)30-4-2)25(28)27(19-22-12-8-9-16-26-22)17-15-20-10-6-5-7-11-20/h5-14,16,18H,3-4,15,17,19H2,1-2H3. The first-order valence-electron chi connectivity index (χ1n) is 10.3. The molecule has 5 heteroatoms. The topological polar surface area (TPSA) is 51.7 Å². The zero-order valence-corrected chi connectivity index (χ0v) is 17.6. The Balaban J connectivity index is 1.83. The lowest BCUT2D eigenvalue weighted by Crippen LogP contribution is -2.32. The Hall–Kier alpha value is -3.34. The van der Waals surface area contributed by atoms with Crippen LogP contribution in [0.4, 0.5) is 0 Å². The second-order valence-corrected chi connectivity index (χ2v) is 6.81. The Morgan fingerprint density at radius 1 is 0.900 bits per heavy atom. The van der Waals surface area contributed by atoms with Crippen LogP contribution in [0.3, 0.4) is 0 Å². The number of hydrogen-bond acceptors (Lipinski definition) is 4. The highest BCUT2D eigenvalue weighted by Crippen LogP contribution is 2.29. The van der Waals surface area contributed by atoms with Crippen LogP contribution in [0, 0.1) is 0 Å². The van der Waals surface area contributed by atoms with Gasteiger partial charge in [-0.3, -0.25) is 9.78 Å². The SMILES string of the molecule is CCOc1ccc(C(=O)N(CCc2ccccc2)Cc2ccccn2)cc1OCC. The van der Waals surface area contributed by atoms with Crippen molar-refractivity contribution in [2.75, 3.05) is 19.8 Å². The van der Waals surface area contributed by atoms with Crippen molar-refractivity contribution in [3.8, 4) is 11.5 Å². The first-order valence-corrected chi connectivity index (χ1v) is 10.3. The van der Waals surface area contributed by atoms with E-state index in [9.17, 15) is 4.79 Å². The summed E-state index contributed by atoms with van der Waals surface area (Å²) in [5.74, 6) is 1.18. The molecule has 1 aromatic heterocycles. The molecule has 156 valence electrons. The van der Waals surface area contributed by atoms with Crippen LogP contribution in [0.25, 0.3) is 0 Å². The molecule has 2 aromatic carbocycles. The minimum atomic E-state index is -0.0550. The number of carbonyl (C=O) groups excluding carboxylic acids is 1. The number of ether oxygens (including phenoxy) is 2. The molecule has 0 aliphatic heterocycles. The molecule has 0 unspecified atom stereocenters. The van der Waals surface area contributed by atoms with Crippen molar-refractivity contribution in [1.29, 1.82) is 0 Å². The normalized spacial score (nSPS) is 10.5. The van der Waals surface area contributed by atoms with Crippen molar-refractivity contribution < 1.29 is 14.3 Å². The first kappa shape index (κ1) is 21.4. The van der Waals surface area contributed by atoms with E-state index in [-0.39, 0.29) is 5.91 Å². The molecule has 0 saturated heterocycles. The number of aromatic nitrogens is 1. The molecule has 3 rings (SSSR count). The largest absolute Gasteiger partial charge is 0.490 e. The van der Waals surface area contributed by atoms with Crippen molar-refractivity contribution >= 4 is 5.91 Å². The minimum Gasteiger partial charge on any atom is -0.490 e. The smallest absolute Gasteiger partial charge is 0.254 e.